The van der Waals surface area contributed by atoms with Crippen LogP contribution in [0.1, 0.15) is 22.8 Å². The summed E-state index contributed by atoms with van der Waals surface area (Å²) in [6.45, 7) is 2.02. The maximum absolute atomic E-state index is 13.3. The molecule has 0 saturated carbocycles. The maximum Gasteiger partial charge on any atom is 0.261 e. The highest BCUT2D eigenvalue weighted by Gasteiger charge is 2.19. The summed E-state index contributed by atoms with van der Waals surface area (Å²) >= 11 is 1.35. The summed E-state index contributed by atoms with van der Waals surface area (Å²) < 4.78 is 2.65. The standard InChI is InChI=1S/C26H21N5O2S/c1-17(32)27-20-12-13-22-23(14-20)34-26(28-22)29-25(33)21-16-31(15-18-8-4-2-5-9-18)30-24(21)19-10-6-3-7-11-19/h2-14,16H,15H2,1H3,(H,27,32)(H,28,29,33). The van der Waals surface area contributed by atoms with Crippen LogP contribution in [0.4, 0.5) is 10.8 Å². The van der Waals surface area contributed by atoms with E-state index in [0.29, 0.717) is 28.6 Å². The summed E-state index contributed by atoms with van der Waals surface area (Å²) in [5.74, 6) is -0.419. The Kier molecular flexibility index (Phi) is 5.88. The van der Waals surface area contributed by atoms with Crippen LogP contribution in [0.2, 0.25) is 0 Å². The van der Waals surface area contributed by atoms with Gasteiger partial charge >= 0.3 is 0 Å². The van der Waals surface area contributed by atoms with Gasteiger partial charge in [0.2, 0.25) is 5.91 Å². The highest BCUT2D eigenvalue weighted by molar-refractivity contribution is 7.22. The number of hydrogen-bond acceptors (Lipinski definition) is 5. The largest absolute Gasteiger partial charge is 0.326 e. The van der Waals surface area contributed by atoms with Crippen LogP contribution in [0.15, 0.2) is 85.1 Å². The van der Waals surface area contributed by atoms with Crippen LogP contribution >= 0.6 is 11.3 Å². The third-order valence-electron chi connectivity index (χ3n) is 5.17. The predicted molar refractivity (Wildman–Crippen MR) is 135 cm³/mol. The van der Waals surface area contributed by atoms with Crippen molar-refractivity contribution in [3.05, 3.63) is 96.2 Å². The number of anilines is 2. The molecular weight excluding hydrogens is 446 g/mol. The van der Waals surface area contributed by atoms with Crippen LogP contribution in [0.3, 0.4) is 0 Å². The summed E-state index contributed by atoms with van der Waals surface area (Å²) in [7, 11) is 0. The highest BCUT2D eigenvalue weighted by Crippen LogP contribution is 2.30. The fourth-order valence-corrected chi connectivity index (χ4v) is 4.57. The maximum atomic E-state index is 13.3. The zero-order valence-corrected chi connectivity index (χ0v) is 19.2. The van der Waals surface area contributed by atoms with Crippen molar-refractivity contribution in [3.8, 4) is 11.3 Å². The van der Waals surface area contributed by atoms with Gasteiger partial charge < -0.3 is 5.32 Å². The van der Waals surface area contributed by atoms with Crippen LogP contribution in [-0.4, -0.2) is 26.6 Å². The van der Waals surface area contributed by atoms with E-state index in [-0.39, 0.29) is 11.8 Å². The molecule has 5 aromatic rings. The SMILES string of the molecule is CC(=O)Nc1ccc2nc(NC(=O)c3cn(Cc4ccccc4)nc3-c3ccccc3)sc2c1. The van der Waals surface area contributed by atoms with E-state index in [1.807, 2.05) is 72.8 Å². The predicted octanol–water partition coefficient (Wildman–Crippen LogP) is 5.42. The molecule has 2 heterocycles. The van der Waals surface area contributed by atoms with Gasteiger partial charge in [0.1, 0.15) is 5.69 Å². The number of nitrogens with one attached hydrogen (secondary N) is 2. The van der Waals surface area contributed by atoms with E-state index < -0.39 is 0 Å². The number of aromatic nitrogens is 3. The first kappa shape index (κ1) is 21.5. The van der Waals surface area contributed by atoms with E-state index in [1.165, 1.54) is 18.3 Å². The minimum absolute atomic E-state index is 0.140. The van der Waals surface area contributed by atoms with Gasteiger partial charge in [0.15, 0.2) is 5.13 Å². The van der Waals surface area contributed by atoms with Crippen molar-refractivity contribution in [2.75, 3.05) is 10.6 Å². The second-order valence-electron chi connectivity index (χ2n) is 7.78. The lowest BCUT2D eigenvalue weighted by Crippen LogP contribution is -2.12. The molecule has 0 bridgehead atoms. The molecule has 0 atom stereocenters. The number of fused-ring (bicyclic) bond motifs is 1. The van der Waals surface area contributed by atoms with E-state index in [1.54, 1.807) is 16.9 Å². The number of rotatable bonds is 6. The lowest BCUT2D eigenvalue weighted by Gasteiger charge is -2.02. The van der Waals surface area contributed by atoms with Crippen molar-refractivity contribution in [1.29, 1.82) is 0 Å². The molecule has 168 valence electrons. The fourth-order valence-electron chi connectivity index (χ4n) is 3.67. The average molecular weight is 468 g/mol. The van der Waals surface area contributed by atoms with Crippen LogP contribution in [-0.2, 0) is 11.3 Å². The highest BCUT2D eigenvalue weighted by atomic mass is 32.1. The smallest absolute Gasteiger partial charge is 0.261 e. The average Bonchev–Trinajstić information content (AvgIpc) is 3.43. The van der Waals surface area contributed by atoms with Crippen molar-refractivity contribution in [3.63, 3.8) is 0 Å². The molecule has 0 fully saturated rings. The van der Waals surface area contributed by atoms with Gasteiger partial charge in [-0.1, -0.05) is 72.0 Å². The van der Waals surface area contributed by atoms with Crippen molar-refractivity contribution in [2.45, 2.75) is 13.5 Å². The van der Waals surface area contributed by atoms with E-state index in [2.05, 4.69) is 15.6 Å². The third kappa shape index (κ3) is 4.72. The van der Waals surface area contributed by atoms with Gasteiger partial charge in [0.25, 0.3) is 5.91 Å². The molecule has 8 heteroatoms. The van der Waals surface area contributed by atoms with Crippen molar-refractivity contribution >= 4 is 44.2 Å². The number of carbonyl (C=O) groups is 2. The second-order valence-corrected chi connectivity index (χ2v) is 8.81. The molecule has 7 nitrogen and oxygen atoms in total. The first-order chi connectivity index (χ1) is 16.5. The van der Waals surface area contributed by atoms with Crippen LogP contribution < -0.4 is 10.6 Å². The van der Waals surface area contributed by atoms with Gasteiger partial charge in [-0.05, 0) is 23.8 Å². The summed E-state index contributed by atoms with van der Waals surface area (Å²) in [6.07, 6.45) is 1.77. The van der Waals surface area contributed by atoms with Crippen LogP contribution in [0.5, 0.6) is 0 Å². The zero-order valence-electron chi connectivity index (χ0n) is 18.4. The summed E-state index contributed by atoms with van der Waals surface area (Å²) in [5.41, 5.74) is 4.48. The van der Waals surface area contributed by atoms with E-state index in [4.69, 9.17) is 5.10 Å². The number of benzene rings is 3. The molecular formula is C26H21N5O2S. The van der Waals surface area contributed by atoms with E-state index in [0.717, 1.165) is 21.3 Å². The minimum atomic E-state index is -0.278. The number of thiazole rings is 1. The summed E-state index contributed by atoms with van der Waals surface area (Å²) in [5, 5.41) is 10.9. The number of hydrogen-bond donors (Lipinski definition) is 2. The Hall–Kier alpha value is -4.30. The molecule has 0 aliphatic carbocycles. The zero-order chi connectivity index (χ0) is 23.5. The molecule has 0 aliphatic heterocycles. The van der Waals surface area contributed by atoms with Crippen molar-refractivity contribution in [2.24, 2.45) is 0 Å². The van der Waals surface area contributed by atoms with Gasteiger partial charge in [-0.2, -0.15) is 5.10 Å². The topological polar surface area (TPSA) is 88.9 Å². The summed E-state index contributed by atoms with van der Waals surface area (Å²) in [6, 6.07) is 25.1. The molecule has 0 unspecified atom stereocenters. The van der Waals surface area contributed by atoms with Gasteiger partial charge in [-0.15, -0.1) is 0 Å². The Morgan fingerprint density at radius 3 is 2.41 bits per heavy atom. The Bertz CT molecular complexity index is 1480. The van der Waals surface area contributed by atoms with Gasteiger partial charge in [0, 0.05) is 24.4 Å². The minimum Gasteiger partial charge on any atom is -0.326 e. The Morgan fingerprint density at radius 2 is 1.68 bits per heavy atom. The lowest BCUT2D eigenvalue weighted by atomic mass is 10.1. The monoisotopic (exact) mass is 467 g/mol. The molecule has 3 aromatic carbocycles. The molecule has 2 aromatic heterocycles. The first-order valence-electron chi connectivity index (χ1n) is 10.7. The number of amides is 2. The normalized spacial score (nSPS) is 10.9. The van der Waals surface area contributed by atoms with Gasteiger partial charge in [-0.25, -0.2) is 4.98 Å². The van der Waals surface area contributed by atoms with Gasteiger partial charge in [-0.3, -0.25) is 19.6 Å². The van der Waals surface area contributed by atoms with Crippen molar-refractivity contribution < 1.29 is 9.59 Å². The Balaban J connectivity index is 1.45. The van der Waals surface area contributed by atoms with Gasteiger partial charge in [0.05, 0.1) is 22.3 Å². The molecule has 5 rings (SSSR count). The van der Waals surface area contributed by atoms with Crippen LogP contribution in [0.25, 0.3) is 21.5 Å². The quantitative estimate of drug-likeness (QED) is 0.349. The van der Waals surface area contributed by atoms with E-state index >= 15 is 0 Å². The van der Waals surface area contributed by atoms with Crippen molar-refractivity contribution in [1.82, 2.24) is 14.8 Å². The first-order valence-corrected chi connectivity index (χ1v) is 11.5. The number of nitrogens with zero attached hydrogens (tertiary/aromatic N) is 3. The molecule has 0 radical (unpaired) electrons. The molecule has 0 spiro atoms. The fraction of sp³-hybridized carbons (Fsp3) is 0.0769. The van der Waals surface area contributed by atoms with E-state index in [9.17, 15) is 9.59 Å². The molecule has 0 aliphatic rings. The Morgan fingerprint density at radius 1 is 0.941 bits per heavy atom. The molecule has 2 amide bonds. The lowest BCUT2D eigenvalue weighted by molar-refractivity contribution is -0.114. The molecule has 2 N–H and O–H groups in total. The molecule has 34 heavy (non-hydrogen) atoms. The third-order valence-corrected chi connectivity index (χ3v) is 6.10. The second kappa shape index (κ2) is 9.29. The Labute approximate surface area is 200 Å². The molecule has 0 saturated heterocycles. The van der Waals surface area contributed by atoms with Crippen LogP contribution in [0, 0.1) is 0 Å². The summed E-state index contributed by atoms with van der Waals surface area (Å²) in [4.78, 5) is 29.2. The number of carbonyl (C=O) groups excluding carboxylic acids is 2.